The number of benzene rings is 1. The normalized spacial score (nSPS) is 11.6. The van der Waals surface area contributed by atoms with Crippen molar-refractivity contribution in [1.29, 1.82) is 0 Å². The zero-order chi connectivity index (χ0) is 19.4. The Morgan fingerprint density at radius 3 is 2.67 bits per heavy atom. The number of halogens is 2. The molecular formula is C18H22F2N6O. The number of rotatable bonds is 8. The number of likely N-dealkylation sites (N-methyl/N-ethyl adjacent to an activating group) is 1. The van der Waals surface area contributed by atoms with Crippen LogP contribution in [0.3, 0.4) is 0 Å². The summed E-state index contributed by atoms with van der Waals surface area (Å²) in [5.41, 5.74) is 1.39. The summed E-state index contributed by atoms with van der Waals surface area (Å²) in [6, 6.07) is 8.78. The number of nitrogens with zero attached hydrogens (tertiary/aromatic N) is 5. The molecule has 0 aliphatic carbocycles. The van der Waals surface area contributed by atoms with Crippen LogP contribution in [0.2, 0.25) is 0 Å². The van der Waals surface area contributed by atoms with E-state index in [9.17, 15) is 13.6 Å². The third-order valence-corrected chi connectivity index (χ3v) is 4.50. The minimum absolute atomic E-state index is 0.215. The van der Waals surface area contributed by atoms with Gasteiger partial charge >= 0.3 is 6.55 Å². The second-order valence-electron chi connectivity index (χ2n) is 6.00. The minimum Gasteiger partial charge on any atom is -0.309 e. The maximum absolute atomic E-state index is 13.0. The molecule has 0 atom stereocenters. The molecule has 0 unspecified atom stereocenters. The highest BCUT2D eigenvalue weighted by atomic mass is 19.3. The molecule has 0 radical (unpaired) electrons. The molecule has 0 saturated heterocycles. The highest BCUT2D eigenvalue weighted by Gasteiger charge is 2.20. The second kappa shape index (κ2) is 8.26. The van der Waals surface area contributed by atoms with E-state index in [1.807, 2.05) is 28.8 Å². The molecule has 3 aromatic rings. The average Bonchev–Trinajstić information content (AvgIpc) is 3.28. The largest absolute Gasteiger partial charge is 0.333 e. The second-order valence-corrected chi connectivity index (χ2v) is 6.00. The first kappa shape index (κ1) is 19.0. The van der Waals surface area contributed by atoms with Crippen LogP contribution >= 0.6 is 0 Å². The number of alkyl halides is 2. The van der Waals surface area contributed by atoms with Gasteiger partial charge < -0.3 is 9.47 Å². The monoisotopic (exact) mass is 376 g/mol. The highest BCUT2D eigenvalue weighted by Crippen LogP contribution is 2.21. The first-order valence-corrected chi connectivity index (χ1v) is 8.85. The Hall–Kier alpha value is -2.81. The van der Waals surface area contributed by atoms with Crippen LogP contribution in [-0.4, -0.2) is 49.8 Å². The number of imidazole rings is 1. The third kappa shape index (κ3) is 3.97. The van der Waals surface area contributed by atoms with Crippen molar-refractivity contribution in [3.05, 3.63) is 42.2 Å². The van der Waals surface area contributed by atoms with Crippen molar-refractivity contribution in [1.82, 2.24) is 24.2 Å². The van der Waals surface area contributed by atoms with E-state index in [4.69, 9.17) is 0 Å². The number of carbonyl (C=O) groups excluding carboxylic acids is 1. The molecule has 7 nitrogen and oxygen atoms in total. The SMILES string of the molecule is CCN(CC)CCn1c(NC(=O)c2ccnn2C(F)F)nc2ccccc21. The standard InChI is InChI=1S/C18H22F2N6O/c1-3-24(4-2)11-12-25-14-8-6-5-7-13(14)22-18(25)23-16(27)15-9-10-21-26(15)17(19)20/h5-10,17H,3-4,11-12H2,1-2H3,(H,22,23,27). The number of fused-ring (bicyclic) bond motifs is 1. The summed E-state index contributed by atoms with van der Waals surface area (Å²) in [7, 11) is 0. The third-order valence-electron chi connectivity index (χ3n) is 4.50. The van der Waals surface area contributed by atoms with Gasteiger partial charge in [-0.05, 0) is 31.3 Å². The lowest BCUT2D eigenvalue weighted by Gasteiger charge is -2.19. The lowest BCUT2D eigenvalue weighted by atomic mass is 10.3. The minimum atomic E-state index is -2.89. The maximum atomic E-state index is 13.0. The smallest absolute Gasteiger partial charge is 0.309 e. The fourth-order valence-corrected chi connectivity index (χ4v) is 2.99. The summed E-state index contributed by atoms with van der Waals surface area (Å²) in [6.07, 6.45) is 1.17. The Morgan fingerprint density at radius 1 is 1.22 bits per heavy atom. The fourth-order valence-electron chi connectivity index (χ4n) is 2.99. The van der Waals surface area contributed by atoms with Crippen LogP contribution in [0.15, 0.2) is 36.5 Å². The van der Waals surface area contributed by atoms with Crippen LogP contribution in [0, 0.1) is 0 Å². The number of para-hydroxylation sites is 2. The predicted molar refractivity (Wildman–Crippen MR) is 99.0 cm³/mol. The number of amides is 1. The predicted octanol–water partition coefficient (Wildman–Crippen LogP) is 3.22. The van der Waals surface area contributed by atoms with Crippen LogP contribution in [0.4, 0.5) is 14.7 Å². The van der Waals surface area contributed by atoms with Gasteiger partial charge in [0.2, 0.25) is 5.95 Å². The van der Waals surface area contributed by atoms with E-state index in [0.29, 0.717) is 17.2 Å². The summed E-state index contributed by atoms with van der Waals surface area (Å²) < 4.78 is 28.3. The number of hydrogen-bond acceptors (Lipinski definition) is 4. The van der Waals surface area contributed by atoms with E-state index in [2.05, 4.69) is 34.1 Å². The fraction of sp³-hybridized carbons (Fsp3) is 0.389. The van der Waals surface area contributed by atoms with Gasteiger partial charge in [-0.2, -0.15) is 18.6 Å². The van der Waals surface area contributed by atoms with E-state index in [1.54, 1.807) is 0 Å². The number of hydrogen-bond donors (Lipinski definition) is 1. The van der Waals surface area contributed by atoms with Crippen LogP contribution in [-0.2, 0) is 6.54 Å². The molecule has 27 heavy (non-hydrogen) atoms. The quantitative estimate of drug-likeness (QED) is 0.655. The van der Waals surface area contributed by atoms with Crippen molar-refractivity contribution in [2.75, 3.05) is 25.0 Å². The van der Waals surface area contributed by atoms with Crippen molar-refractivity contribution in [3.8, 4) is 0 Å². The zero-order valence-electron chi connectivity index (χ0n) is 15.3. The first-order chi connectivity index (χ1) is 13.0. The van der Waals surface area contributed by atoms with Crippen molar-refractivity contribution in [3.63, 3.8) is 0 Å². The summed E-state index contributed by atoms with van der Waals surface area (Å²) in [6.45, 7) is 4.52. The van der Waals surface area contributed by atoms with Crippen LogP contribution < -0.4 is 5.32 Å². The Balaban J connectivity index is 1.90. The van der Waals surface area contributed by atoms with Gasteiger partial charge in [0.15, 0.2) is 0 Å². The number of nitrogens with one attached hydrogen (secondary N) is 1. The van der Waals surface area contributed by atoms with Crippen molar-refractivity contribution in [2.24, 2.45) is 0 Å². The van der Waals surface area contributed by atoms with E-state index in [0.717, 1.165) is 30.7 Å². The molecule has 2 aromatic heterocycles. The highest BCUT2D eigenvalue weighted by molar-refractivity contribution is 6.02. The lowest BCUT2D eigenvalue weighted by molar-refractivity contribution is 0.0520. The summed E-state index contributed by atoms with van der Waals surface area (Å²) in [5.74, 6) is -0.345. The van der Waals surface area contributed by atoms with Gasteiger partial charge in [0.25, 0.3) is 5.91 Å². The summed E-state index contributed by atoms with van der Waals surface area (Å²) in [5, 5.41) is 6.15. The molecule has 1 aromatic carbocycles. The number of carbonyl (C=O) groups is 1. The van der Waals surface area contributed by atoms with Crippen molar-refractivity contribution >= 4 is 22.9 Å². The molecule has 144 valence electrons. The van der Waals surface area contributed by atoms with Crippen molar-refractivity contribution in [2.45, 2.75) is 26.9 Å². The molecule has 2 heterocycles. The van der Waals surface area contributed by atoms with Gasteiger partial charge in [0.1, 0.15) is 5.69 Å². The Morgan fingerprint density at radius 2 is 1.96 bits per heavy atom. The van der Waals surface area contributed by atoms with Gasteiger partial charge in [0, 0.05) is 19.3 Å². The molecule has 9 heteroatoms. The lowest BCUT2D eigenvalue weighted by Crippen LogP contribution is -2.28. The van der Waals surface area contributed by atoms with E-state index >= 15 is 0 Å². The van der Waals surface area contributed by atoms with Gasteiger partial charge in [-0.3, -0.25) is 10.1 Å². The molecule has 0 saturated carbocycles. The van der Waals surface area contributed by atoms with E-state index in [1.165, 1.54) is 12.3 Å². The number of aromatic nitrogens is 4. The Labute approximate surface area is 155 Å². The number of anilines is 1. The summed E-state index contributed by atoms with van der Waals surface area (Å²) >= 11 is 0. The molecule has 1 N–H and O–H groups in total. The molecule has 0 aliphatic rings. The molecule has 0 spiro atoms. The van der Waals surface area contributed by atoms with Crippen LogP contribution in [0.1, 0.15) is 30.9 Å². The maximum Gasteiger partial charge on any atom is 0.333 e. The van der Waals surface area contributed by atoms with Gasteiger partial charge in [-0.15, -0.1) is 0 Å². The Bertz CT molecular complexity index is 916. The van der Waals surface area contributed by atoms with Gasteiger partial charge in [0.05, 0.1) is 11.0 Å². The molecule has 0 fully saturated rings. The molecule has 0 aliphatic heterocycles. The summed E-state index contributed by atoms with van der Waals surface area (Å²) in [4.78, 5) is 19.2. The molecular weight excluding hydrogens is 354 g/mol. The van der Waals surface area contributed by atoms with Crippen molar-refractivity contribution < 1.29 is 13.6 Å². The molecule has 0 bridgehead atoms. The first-order valence-electron chi connectivity index (χ1n) is 8.85. The van der Waals surface area contributed by atoms with E-state index in [-0.39, 0.29) is 5.69 Å². The average molecular weight is 376 g/mol. The van der Waals surface area contributed by atoms with Crippen LogP contribution in [0.5, 0.6) is 0 Å². The zero-order valence-corrected chi connectivity index (χ0v) is 15.3. The Kier molecular flexibility index (Phi) is 5.80. The topological polar surface area (TPSA) is 68.0 Å². The van der Waals surface area contributed by atoms with Crippen LogP contribution in [0.25, 0.3) is 11.0 Å². The van der Waals surface area contributed by atoms with E-state index < -0.39 is 12.5 Å². The van der Waals surface area contributed by atoms with Gasteiger partial charge in [-0.1, -0.05) is 26.0 Å². The van der Waals surface area contributed by atoms with Gasteiger partial charge in [-0.25, -0.2) is 4.98 Å². The molecule has 1 amide bonds. The molecule has 3 rings (SSSR count).